The van der Waals surface area contributed by atoms with Gasteiger partial charge in [-0.1, -0.05) is 11.3 Å². The van der Waals surface area contributed by atoms with Gasteiger partial charge in [-0.3, -0.25) is 9.78 Å². The van der Waals surface area contributed by atoms with E-state index >= 15 is 0 Å². The summed E-state index contributed by atoms with van der Waals surface area (Å²) in [5, 5.41) is 6.47. The van der Waals surface area contributed by atoms with Crippen molar-refractivity contribution in [2.45, 2.75) is 0 Å². The highest BCUT2D eigenvalue weighted by molar-refractivity contribution is 7.23. The highest BCUT2D eigenvalue weighted by atomic mass is 32.1. The Hall–Kier alpha value is -3.32. The Morgan fingerprint density at radius 1 is 1.12 bits per heavy atom. The van der Waals surface area contributed by atoms with Gasteiger partial charge in [0.15, 0.2) is 5.13 Å². The molecule has 2 aromatic carbocycles. The Bertz CT molecular complexity index is 1340. The molecule has 0 bridgehead atoms. The number of thiazole rings is 1. The largest absolute Gasteiger partial charge is 0.330 e. The highest BCUT2D eigenvalue weighted by Crippen LogP contribution is 2.38. The quantitative estimate of drug-likeness (QED) is 0.451. The number of hydrogen-bond donors (Lipinski definition) is 2. The number of aromatic nitrogens is 3. The maximum atomic E-state index is 13.8. The van der Waals surface area contributed by atoms with Gasteiger partial charge in [0.25, 0.3) is 5.56 Å². The number of halogens is 1. The van der Waals surface area contributed by atoms with Crippen LogP contribution in [0.4, 0.5) is 15.2 Å². The lowest BCUT2D eigenvalue weighted by molar-refractivity contribution is 0.630. The van der Waals surface area contributed by atoms with Gasteiger partial charge in [0.2, 0.25) is 0 Å². The number of fused-ring (bicyclic) bond motifs is 6. The summed E-state index contributed by atoms with van der Waals surface area (Å²) < 4.78 is 14.7. The predicted octanol–water partition coefficient (Wildman–Crippen LogP) is 4.57. The van der Waals surface area contributed by atoms with Gasteiger partial charge in [-0.2, -0.15) is 0 Å². The van der Waals surface area contributed by atoms with Gasteiger partial charge < -0.3 is 10.3 Å². The Balaban J connectivity index is 1.87. The van der Waals surface area contributed by atoms with Crippen molar-refractivity contribution in [1.29, 1.82) is 0 Å². The van der Waals surface area contributed by atoms with E-state index in [2.05, 4.69) is 15.3 Å². The molecular weight excluding hydrogens is 351 g/mol. The van der Waals surface area contributed by atoms with E-state index in [9.17, 15) is 9.18 Å². The van der Waals surface area contributed by atoms with Gasteiger partial charge in [-0.15, -0.1) is 0 Å². The zero-order valence-electron chi connectivity index (χ0n) is 13.3. The van der Waals surface area contributed by atoms with Crippen molar-refractivity contribution in [1.82, 2.24) is 15.0 Å². The van der Waals surface area contributed by atoms with Crippen molar-refractivity contribution in [2.24, 2.45) is 0 Å². The zero-order chi connectivity index (χ0) is 17.7. The van der Waals surface area contributed by atoms with Crippen LogP contribution in [0, 0.1) is 5.82 Å². The molecule has 0 aliphatic rings. The minimum Gasteiger partial charge on any atom is -0.330 e. The van der Waals surface area contributed by atoms with Crippen LogP contribution in [0.5, 0.6) is 0 Å². The van der Waals surface area contributed by atoms with E-state index in [4.69, 9.17) is 4.98 Å². The van der Waals surface area contributed by atoms with E-state index in [-0.39, 0.29) is 11.4 Å². The molecule has 0 saturated heterocycles. The molecule has 0 amide bonds. The fourth-order valence-corrected chi connectivity index (χ4v) is 4.20. The van der Waals surface area contributed by atoms with E-state index in [1.807, 2.05) is 18.2 Å². The standard InChI is InChI=1S/C19H11FN4OS/c20-10-3-4-12-14(8-10)15-13(5-7-22-18(15)25)17-16(12)24-19(26-17)23-11-2-1-6-21-9-11/h1-9H,(H,22,25)(H,23,24). The number of rotatable bonds is 2. The van der Waals surface area contributed by atoms with Gasteiger partial charge in [-0.25, -0.2) is 9.37 Å². The third-order valence-corrected chi connectivity index (χ3v) is 5.26. The first-order valence-electron chi connectivity index (χ1n) is 7.91. The Kier molecular flexibility index (Phi) is 3.23. The van der Waals surface area contributed by atoms with Crippen LogP contribution in [-0.2, 0) is 0 Å². The first-order valence-corrected chi connectivity index (χ1v) is 8.72. The normalized spacial score (nSPS) is 11.4. The molecule has 0 aliphatic carbocycles. The molecule has 0 unspecified atom stereocenters. The number of H-pyrrole nitrogens is 1. The lowest BCUT2D eigenvalue weighted by atomic mass is 10.0. The fourth-order valence-electron chi connectivity index (χ4n) is 3.16. The van der Waals surface area contributed by atoms with Crippen LogP contribution in [0.15, 0.2) is 59.8 Å². The second kappa shape index (κ2) is 5.60. The molecule has 5 rings (SSSR count). The number of nitrogens with zero attached hydrogens (tertiary/aromatic N) is 2. The molecular formula is C19H11FN4OS. The first-order chi connectivity index (χ1) is 12.7. The molecule has 0 aliphatic heterocycles. The number of anilines is 2. The number of benzene rings is 2. The summed E-state index contributed by atoms with van der Waals surface area (Å²) in [5.41, 5.74) is 1.33. The maximum Gasteiger partial charge on any atom is 0.256 e. The lowest BCUT2D eigenvalue weighted by Crippen LogP contribution is -2.05. The van der Waals surface area contributed by atoms with E-state index in [0.29, 0.717) is 15.9 Å². The minimum absolute atomic E-state index is 0.241. The van der Waals surface area contributed by atoms with Crippen LogP contribution < -0.4 is 10.9 Å². The minimum atomic E-state index is -0.384. The Labute approximate surface area is 150 Å². The van der Waals surface area contributed by atoms with E-state index < -0.39 is 0 Å². The summed E-state index contributed by atoms with van der Waals surface area (Å²) in [6.07, 6.45) is 5.01. The van der Waals surface area contributed by atoms with Crippen LogP contribution in [0.25, 0.3) is 31.8 Å². The SMILES string of the molecule is O=c1[nH]ccc2c3sc(Nc4cccnc4)nc3c3ccc(F)cc3c12. The topological polar surface area (TPSA) is 70.7 Å². The van der Waals surface area contributed by atoms with Crippen molar-refractivity contribution >= 4 is 53.9 Å². The lowest BCUT2D eigenvalue weighted by Gasteiger charge is -2.05. The molecule has 7 heteroatoms. The molecule has 5 nitrogen and oxygen atoms in total. The van der Waals surface area contributed by atoms with Crippen LogP contribution >= 0.6 is 11.3 Å². The van der Waals surface area contributed by atoms with Crippen molar-refractivity contribution in [2.75, 3.05) is 5.32 Å². The van der Waals surface area contributed by atoms with Crippen LogP contribution in [0.1, 0.15) is 0 Å². The second-order valence-electron chi connectivity index (χ2n) is 5.85. The molecule has 3 heterocycles. The number of aromatic amines is 1. The molecule has 126 valence electrons. The summed E-state index contributed by atoms with van der Waals surface area (Å²) in [4.78, 5) is 23.9. The monoisotopic (exact) mass is 362 g/mol. The third kappa shape index (κ3) is 2.25. The van der Waals surface area contributed by atoms with E-state index in [0.717, 1.165) is 26.7 Å². The third-order valence-electron chi connectivity index (χ3n) is 4.25. The summed E-state index contributed by atoms with van der Waals surface area (Å²) in [5.74, 6) is -0.384. The molecule has 5 aromatic rings. The molecule has 0 saturated carbocycles. The Morgan fingerprint density at radius 3 is 2.88 bits per heavy atom. The summed E-state index contributed by atoms with van der Waals surface area (Å²) >= 11 is 1.45. The average Bonchev–Trinajstić information content (AvgIpc) is 3.06. The molecule has 26 heavy (non-hydrogen) atoms. The molecule has 0 atom stereocenters. The van der Waals surface area contributed by atoms with Crippen LogP contribution in [0.2, 0.25) is 0 Å². The van der Waals surface area contributed by atoms with E-state index in [1.54, 1.807) is 24.7 Å². The van der Waals surface area contributed by atoms with Gasteiger partial charge in [0.05, 0.1) is 27.5 Å². The van der Waals surface area contributed by atoms with Gasteiger partial charge in [0, 0.05) is 28.6 Å². The van der Waals surface area contributed by atoms with Gasteiger partial charge in [-0.05, 0) is 36.4 Å². The molecule has 0 spiro atoms. The smallest absolute Gasteiger partial charge is 0.256 e. The van der Waals surface area contributed by atoms with Crippen molar-refractivity contribution in [3.05, 3.63) is 71.2 Å². The summed E-state index contributed by atoms with van der Waals surface area (Å²) in [6, 6.07) is 10.0. The Morgan fingerprint density at radius 2 is 2.04 bits per heavy atom. The molecule has 0 radical (unpaired) electrons. The first kappa shape index (κ1) is 15.0. The number of pyridine rings is 2. The maximum absolute atomic E-state index is 13.8. The van der Waals surface area contributed by atoms with Crippen LogP contribution in [-0.4, -0.2) is 15.0 Å². The van der Waals surface area contributed by atoms with Gasteiger partial charge in [0.1, 0.15) is 5.82 Å². The van der Waals surface area contributed by atoms with Crippen molar-refractivity contribution < 1.29 is 4.39 Å². The van der Waals surface area contributed by atoms with Crippen molar-refractivity contribution in [3.63, 3.8) is 0 Å². The second-order valence-corrected chi connectivity index (χ2v) is 6.85. The van der Waals surface area contributed by atoms with Crippen LogP contribution in [0.3, 0.4) is 0 Å². The predicted molar refractivity (Wildman–Crippen MR) is 103 cm³/mol. The highest BCUT2D eigenvalue weighted by Gasteiger charge is 2.16. The van der Waals surface area contributed by atoms with Crippen molar-refractivity contribution in [3.8, 4) is 0 Å². The number of hydrogen-bond acceptors (Lipinski definition) is 5. The summed E-state index contributed by atoms with van der Waals surface area (Å²) in [6.45, 7) is 0. The summed E-state index contributed by atoms with van der Waals surface area (Å²) in [7, 11) is 0. The molecule has 2 N–H and O–H groups in total. The van der Waals surface area contributed by atoms with Gasteiger partial charge >= 0.3 is 0 Å². The molecule has 0 fully saturated rings. The molecule has 3 aromatic heterocycles. The number of nitrogens with one attached hydrogen (secondary N) is 2. The zero-order valence-corrected chi connectivity index (χ0v) is 14.1. The fraction of sp³-hybridized carbons (Fsp3) is 0. The average molecular weight is 362 g/mol. The van der Waals surface area contributed by atoms with E-state index in [1.165, 1.54) is 23.5 Å².